The second-order valence-corrected chi connectivity index (χ2v) is 5.77. The number of methoxy groups -OCH3 is 2. The molecule has 0 bridgehead atoms. The van der Waals surface area contributed by atoms with E-state index in [2.05, 4.69) is 0 Å². The molecule has 0 N–H and O–H groups in total. The summed E-state index contributed by atoms with van der Waals surface area (Å²) in [5.74, 6) is 1.63. The van der Waals surface area contributed by atoms with E-state index in [1.807, 2.05) is 53.0 Å². The van der Waals surface area contributed by atoms with Crippen molar-refractivity contribution in [3.8, 4) is 11.5 Å². The molecule has 23 heavy (non-hydrogen) atoms. The van der Waals surface area contributed by atoms with Crippen molar-refractivity contribution in [1.29, 1.82) is 0 Å². The molecule has 1 fully saturated rings. The van der Waals surface area contributed by atoms with E-state index in [9.17, 15) is 4.79 Å². The van der Waals surface area contributed by atoms with Crippen LogP contribution in [0.15, 0.2) is 36.5 Å². The number of aromatic nitrogens is 1. The molecule has 3 rings (SSSR count). The van der Waals surface area contributed by atoms with Crippen LogP contribution in [0.3, 0.4) is 0 Å². The van der Waals surface area contributed by atoms with Crippen LogP contribution in [-0.2, 0) is 7.05 Å². The van der Waals surface area contributed by atoms with Crippen molar-refractivity contribution in [3.05, 3.63) is 47.8 Å². The number of carbonyl (C=O) groups excluding carboxylic acids is 1. The third-order valence-electron chi connectivity index (χ3n) is 4.47. The molecule has 1 aromatic heterocycles. The third kappa shape index (κ3) is 2.79. The molecule has 1 unspecified atom stereocenters. The molecular weight excluding hydrogens is 292 g/mol. The Kier molecular flexibility index (Phi) is 4.28. The van der Waals surface area contributed by atoms with Crippen LogP contribution in [0.5, 0.6) is 11.5 Å². The summed E-state index contributed by atoms with van der Waals surface area (Å²) in [4.78, 5) is 14.8. The molecule has 0 spiro atoms. The first-order valence-electron chi connectivity index (χ1n) is 7.80. The molecule has 2 aromatic rings. The zero-order valence-electron chi connectivity index (χ0n) is 13.8. The number of ether oxygens (including phenoxy) is 2. The van der Waals surface area contributed by atoms with Gasteiger partial charge in [-0.25, -0.2) is 0 Å². The van der Waals surface area contributed by atoms with Crippen LogP contribution in [0.2, 0.25) is 0 Å². The lowest BCUT2D eigenvalue weighted by Crippen LogP contribution is -2.32. The monoisotopic (exact) mass is 314 g/mol. The lowest BCUT2D eigenvalue weighted by Gasteiger charge is -2.27. The molecule has 1 aromatic carbocycles. The van der Waals surface area contributed by atoms with Gasteiger partial charge in [0.25, 0.3) is 5.91 Å². The number of rotatable bonds is 4. The second kappa shape index (κ2) is 6.36. The summed E-state index contributed by atoms with van der Waals surface area (Å²) < 4.78 is 12.7. The molecular formula is C18H22N2O3. The van der Waals surface area contributed by atoms with Crippen molar-refractivity contribution in [3.63, 3.8) is 0 Å². The van der Waals surface area contributed by atoms with Crippen molar-refractivity contribution in [2.24, 2.45) is 7.05 Å². The summed E-state index contributed by atoms with van der Waals surface area (Å²) in [5, 5.41) is 0. The van der Waals surface area contributed by atoms with Crippen LogP contribution in [0.4, 0.5) is 0 Å². The molecule has 1 aliphatic rings. The molecule has 1 amide bonds. The van der Waals surface area contributed by atoms with Crippen LogP contribution in [-0.4, -0.2) is 36.1 Å². The maximum Gasteiger partial charge on any atom is 0.270 e. The first kappa shape index (κ1) is 15.5. The first-order valence-corrected chi connectivity index (χ1v) is 7.80. The maximum atomic E-state index is 12.9. The van der Waals surface area contributed by atoms with Crippen molar-refractivity contribution in [2.75, 3.05) is 20.8 Å². The van der Waals surface area contributed by atoms with E-state index < -0.39 is 0 Å². The Morgan fingerprint density at radius 1 is 1.22 bits per heavy atom. The van der Waals surface area contributed by atoms with Gasteiger partial charge in [0.05, 0.1) is 20.3 Å². The molecule has 1 aliphatic heterocycles. The number of nitrogens with zero attached hydrogens (tertiary/aromatic N) is 2. The molecule has 122 valence electrons. The SMILES string of the molecule is COc1ccc(OC)c(C2CCCN2C(=O)c2cccn2C)c1. The fourth-order valence-electron chi connectivity index (χ4n) is 3.26. The van der Waals surface area contributed by atoms with Crippen LogP contribution >= 0.6 is 0 Å². The van der Waals surface area contributed by atoms with E-state index in [4.69, 9.17) is 9.47 Å². The summed E-state index contributed by atoms with van der Waals surface area (Å²) in [7, 11) is 5.20. The predicted octanol–water partition coefficient (Wildman–Crippen LogP) is 3.02. The Morgan fingerprint density at radius 3 is 2.70 bits per heavy atom. The van der Waals surface area contributed by atoms with Gasteiger partial charge in [0.2, 0.25) is 0 Å². The number of hydrogen-bond acceptors (Lipinski definition) is 3. The van der Waals surface area contributed by atoms with Crippen LogP contribution < -0.4 is 9.47 Å². The highest BCUT2D eigenvalue weighted by Crippen LogP contribution is 2.39. The predicted molar refractivity (Wildman–Crippen MR) is 88.0 cm³/mol. The lowest BCUT2D eigenvalue weighted by atomic mass is 10.0. The smallest absolute Gasteiger partial charge is 0.270 e. The minimum atomic E-state index is 0.0162. The molecule has 5 heteroatoms. The van der Waals surface area contributed by atoms with Crippen molar-refractivity contribution >= 4 is 5.91 Å². The molecule has 0 radical (unpaired) electrons. The number of hydrogen-bond donors (Lipinski definition) is 0. The van der Waals surface area contributed by atoms with E-state index in [1.54, 1.807) is 14.2 Å². The third-order valence-corrected chi connectivity index (χ3v) is 4.47. The van der Waals surface area contributed by atoms with Crippen LogP contribution in [0.1, 0.15) is 34.9 Å². The highest BCUT2D eigenvalue weighted by Gasteiger charge is 2.33. The quantitative estimate of drug-likeness (QED) is 0.871. The molecule has 2 heterocycles. The van der Waals surface area contributed by atoms with Crippen LogP contribution in [0.25, 0.3) is 0 Å². The van der Waals surface area contributed by atoms with Crippen molar-refractivity contribution in [2.45, 2.75) is 18.9 Å². The summed E-state index contributed by atoms with van der Waals surface area (Å²) >= 11 is 0. The van der Waals surface area contributed by atoms with Gasteiger partial charge >= 0.3 is 0 Å². The Hall–Kier alpha value is -2.43. The van der Waals surface area contributed by atoms with Gasteiger partial charge in [-0.2, -0.15) is 0 Å². The molecule has 1 atom stereocenters. The standard InChI is InChI=1S/C18H22N2O3/c1-19-10-4-7-16(19)18(21)20-11-5-6-15(20)14-12-13(22-2)8-9-17(14)23-3/h4,7-10,12,15H,5-6,11H2,1-3H3. The van der Waals surface area contributed by atoms with Gasteiger partial charge in [-0.05, 0) is 43.2 Å². The van der Waals surface area contributed by atoms with Gasteiger partial charge in [-0.3, -0.25) is 4.79 Å². The summed E-state index contributed by atoms with van der Waals surface area (Å²) in [6.07, 6.45) is 3.81. The molecule has 0 saturated carbocycles. The number of amides is 1. The molecule has 0 aliphatic carbocycles. The topological polar surface area (TPSA) is 43.7 Å². The maximum absolute atomic E-state index is 12.9. The highest BCUT2D eigenvalue weighted by molar-refractivity contribution is 5.93. The van der Waals surface area contributed by atoms with Crippen molar-refractivity contribution < 1.29 is 14.3 Å². The van der Waals surface area contributed by atoms with Gasteiger partial charge in [-0.1, -0.05) is 0 Å². The minimum absolute atomic E-state index is 0.0162. The lowest BCUT2D eigenvalue weighted by molar-refractivity contribution is 0.0724. The van der Waals surface area contributed by atoms with Gasteiger partial charge in [-0.15, -0.1) is 0 Å². The Morgan fingerprint density at radius 2 is 2.04 bits per heavy atom. The van der Waals surface area contributed by atoms with E-state index >= 15 is 0 Å². The zero-order chi connectivity index (χ0) is 16.4. The Labute approximate surface area is 136 Å². The van der Waals surface area contributed by atoms with Gasteiger partial charge in [0, 0.05) is 25.4 Å². The molecule has 5 nitrogen and oxygen atoms in total. The number of aryl methyl sites for hydroxylation is 1. The van der Waals surface area contributed by atoms with E-state index in [0.717, 1.165) is 36.4 Å². The summed E-state index contributed by atoms with van der Waals surface area (Å²) in [6, 6.07) is 9.52. The van der Waals surface area contributed by atoms with Crippen molar-refractivity contribution in [1.82, 2.24) is 9.47 Å². The Balaban J connectivity index is 1.96. The van der Waals surface area contributed by atoms with E-state index in [-0.39, 0.29) is 11.9 Å². The first-order chi connectivity index (χ1) is 11.2. The van der Waals surface area contributed by atoms with Gasteiger partial charge < -0.3 is 18.9 Å². The number of carbonyl (C=O) groups is 1. The average molecular weight is 314 g/mol. The zero-order valence-corrected chi connectivity index (χ0v) is 13.8. The average Bonchev–Trinajstić information content (AvgIpc) is 3.22. The highest BCUT2D eigenvalue weighted by atomic mass is 16.5. The normalized spacial score (nSPS) is 17.3. The summed E-state index contributed by atoms with van der Waals surface area (Å²) in [5.41, 5.74) is 1.71. The van der Waals surface area contributed by atoms with Crippen LogP contribution in [0, 0.1) is 0 Å². The minimum Gasteiger partial charge on any atom is -0.497 e. The fourth-order valence-corrected chi connectivity index (χ4v) is 3.26. The largest absolute Gasteiger partial charge is 0.497 e. The Bertz CT molecular complexity index is 708. The van der Waals surface area contributed by atoms with E-state index in [0.29, 0.717) is 5.69 Å². The second-order valence-electron chi connectivity index (χ2n) is 5.77. The van der Waals surface area contributed by atoms with E-state index in [1.165, 1.54) is 0 Å². The number of benzene rings is 1. The molecule has 1 saturated heterocycles. The number of likely N-dealkylation sites (tertiary alicyclic amines) is 1. The fraction of sp³-hybridized carbons (Fsp3) is 0.389. The van der Waals surface area contributed by atoms with Gasteiger partial charge in [0.1, 0.15) is 17.2 Å². The summed E-state index contributed by atoms with van der Waals surface area (Å²) in [6.45, 7) is 0.759. The van der Waals surface area contributed by atoms with Gasteiger partial charge in [0.15, 0.2) is 0 Å².